The average Bonchev–Trinajstić information content (AvgIpc) is 2.35. The van der Waals surface area contributed by atoms with Gasteiger partial charge in [0, 0.05) is 0 Å². The standard InChI is InChI=1S/C12H17NO5S/c1-8(2)9-3-5-10(6-4-9)19(17,18)13-11(7-14)12(15)16/h3-6,8,11,13-14H,7H2,1-2H3,(H,15,16)/t11-/m0/s1. The van der Waals surface area contributed by atoms with E-state index < -0.39 is 28.6 Å². The molecule has 0 saturated carbocycles. The normalized spacial score (nSPS) is 13.5. The molecule has 0 unspecified atom stereocenters. The number of aliphatic hydroxyl groups excluding tert-OH is 1. The summed E-state index contributed by atoms with van der Waals surface area (Å²) >= 11 is 0. The number of sulfonamides is 1. The molecule has 1 aromatic carbocycles. The van der Waals surface area contributed by atoms with Gasteiger partial charge in [0.05, 0.1) is 11.5 Å². The van der Waals surface area contributed by atoms with E-state index in [2.05, 4.69) is 0 Å². The second-order valence-corrected chi connectivity index (χ2v) is 6.13. The van der Waals surface area contributed by atoms with Crippen molar-refractivity contribution in [2.75, 3.05) is 6.61 Å². The Morgan fingerprint density at radius 3 is 2.16 bits per heavy atom. The third-order valence-electron chi connectivity index (χ3n) is 2.64. The monoisotopic (exact) mass is 287 g/mol. The first-order valence-corrected chi connectivity index (χ1v) is 7.22. The number of aliphatic hydroxyl groups is 1. The Morgan fingerprint density at radius 1 is 1.26 bits per heavy atom. The van der Waals surface area contributed by atoms with Crippen molar-refractivity contribution < 1.29 is 23.4 Å². The number of hydrogen-bond donors (Lipinski definition) is 3. The van der Waals surface area contributed by atoms with Crippen molar-refractivity contribution in [1.82, 2.24) is 4.72 Å². The summed E-state index contributed by atoms with van der Waals surface area (Å²) in [5.74, 6) is -1.15. The van der Waals surface area contributed by atoms with Crippen LogP contribution in [0.4, 0.5) is 0 Å². The second-order valence-electron chi connectivity index (χ2n) is 4.42. The molecule has 0 aromatic heterocycles. The molecule has 19 heavy (non-hydrogen) atoms. The van der Waals surface area contributed by atoms with Crippen LogP contribution in [-0.2, 0) is 14.8 Å². The van der Waals surface area contributed by atoms with E-state index in [0.29, 0.717) is 0 Å². The lowest BCUT2D eigenvalue weighted by Crippen LogP contribution is -2.43. The maximum absolute atomic E-state index is 11.9. The maximum atomic E-state index is 11.9. The third kappa shape index (κ3) is 4.02. The van der Waals surface area contributed by atoms with Gasteiger partial charge in [-0.25, -0.2) is 8.42 Å². The fourth-order valence-corrected chi connectivity index (χ4v) is 2.63. The zero-order valence-electron chi connectivity index (χ0n) is 10.7. The third-order valence-corrected chi connectivity index (χ3v) is 4.12. The quantitative estimate of drug-likeness (QED) is 0.708. The number of carboxylic acid groups (broad SMARTS) is 1. The first-order valence-electron chi connectivity index (χ1n) is 5.74. The molecule has 0 spiro atoms. The van der Waals surface area contributed by atoms with Crippen LogP contribution in [0.3, 0.4) is 0 Å². The van der Waals surface area contributed by atoms with Gasteiger partial charge in [-0.05, 0) is 23.6 Å². The van der Waals surface area contributed by atoms with Crippen molar-refractivity contribution in [2.45, 2.75) is 30.7 Å². The molecule has 0 amide bonds. The van der Waals surface area contributed by atoms with E-state index in [0.717, 1.165) is 5.56 Å². The van der Waals surface area contributed by atoms with Gasteiger partial charge in [0.15, 0.2) is 0 Å². The minimum atomic E-state index is -3.95. The topological polar surface area (TPSA) is 104 Å². The van der Waals surface area contributed by atoms with Crippen LogP contribution in [0.5, 0.6) is 0 Å². The van der Waals surface area contributed by atoms with E-state index in [4.69, 9.17) is 10.2 Å². The zero-order chi connectivity index (χ0) is 14.6. The molecule has 0 radical (unpaired) electrons. The van der Waals surface area contributed by atoms with Crippen LogP contribution in [0.25, 0.3) is 0 Å². The van der Waals surface area contributed by atoms with Crippen LogP contribution in [0.15, 0.2) is 29.2 Å². The molecule has 0 aliphatic heterocycles. The molecule has 6 nitrogen and oxygen atoms in total. The highest BCUT2D eigenvalue weighted by molar-refractivity contribution is 7.89. The van der Waals surface area contributed by atoms with Gasteiger partial charge in [-0.3, -0.25) is 4.79 Å². The van der Waals surface area contributed by atoms with E-state index in [1.54, 1.807) is 12.1 Å². The van der Waals surface area contributed by atoms with Crippen LogP contribution >= 0.6 is 0 Å². The lowest BCUT2D eigenvalue weighted by molar-refractivity contribution is -0.139. The van der Waals surface area contributed by atoms with Gasteiger partial charge in [-0.1, -0.05) is 26.0 Å². The molecule has 106 valence electrons. The zero-order valence-corrected chi connectivity index (χ0v) is 11.5. The fourth-order valence-electron chi connectivity index (χ4n) is 1.45. The molecule has 0 fully saturated rings. The summed E-state index contributed by atoms with van der Waals surface area (Å²) in [5, 5.41) is 17.5. The van der Waals surface area contributed by atoms with E-state index in [1.807, 2.05) is 18.6 Å². The summed E-state index contributed by atoms with van der Waals surface area (Å²) in [7, 11) is -3.95. The van der Waals surface area contributed by atoms with E-state index in [-0.39, 0.29) is 10.8 Å². The number of hydrogen-bond acceptors (Lipinski definition) is 4. The molecule has 0 bridgehead atoms. The predicted octanol–water partition coefficient (Wildman–Crippen LogP) is 0.534. The van der Waals surface area contributed by atoms with Crippen LogP contribution < -0.4 is 4.72 Å². The van der Waals surface area contributed by atoms with Crippen LogP contribution in [0.1, 0.15) is 25.3 Å². The highest BCUT2D eigenvalue weighted by Gasteiger charge is 2.24. The fraction of sp³-hybridized carbons (Fsp3) is 0.417. The average molecular weight is 287 g/mol. The summed E-state index contributed by atoms with van der Waals surface area (Å²) in [5.41, 5.74) is 0.982. The summed E-state index contributed by atoms with van der Waals surface area (Å²) in [4.78, 5) is 10.7. The number of nitrogens with one attached hydrogen (secondary N) is 1. The minimum Gasteiger partial charge on any atom is -0.480 e. The van der Waals surface area contributed by atoms with Gasteiger partial charge in [0.1, 0.15) is 6.04 Å². The molecular formula is C12H17NO5S. The van der Waals surface area contributed by atoms with Gasteiger partial charge in [0.25, 0.3) is 0 Å². The molecule has 0 heterocycles. The van der Waals surface area contributed by atoms with Crippen molar-refractivity contribution in [3.05, 3.63) is 29.8 Å². The molecule has 3 N–H and O–H groups in total. The molecule has 1 rings (SSSR count). The Morgan fingerprint density at radius 2 is 1.79 bits per heavy atom. The Hall–Kier alpha value is -1.44. The van der Waals surface area contributed by atoms with Crippen LogP contribution in [0.2, 0.25) is 0 Å². The van der Waals surface area contributed by atoms with Crippen LogP contribution in [-0.4, -0.2) is 37.2 Å². The van der Waals surface area contributed by atoms with Gasteiger partial charge >= 0.3 is 5.97 Å². The first-order chi connectivity index (χ1) is 8.77. The van der Waals surface area contributed by atoms with Crippen molar-refractivity contribution in [3.63, 3.8) is 0 Å². The summed E-state index contributed by atoms with van der Waals surface area (Å²) in [6.45, 7) is 3.15. The van der Waals surface area contributed by atoms with E-state index in [1.165, 1.54) is 12.1 Å². The Balaban J connectivity index is 2.97. The molecular weight excluding hydrogens is 270 g/mol. The van der Waals surface area contributed by atoms with Gasteiger partial charge in [-0.15, -0.1) is 0 Å². The van der Waals surface area contributed by atoms with Gasteiger partial charge in [-0.2, -0.15) is 4.72 Å². The highest BCUT2D eigenvalue weighted by Crippen LogP contribution is 2.17. The van der Waals surface area contributed by atoms with Gasteiger partial charge < -0.3 is 10.2 Å². The highest BCUT2D eigenvalue weighted by atomic mass is 32.2. The minimum absolute atomic E-state index is 0.0309. The number of benzene rings is 1. The molecule has 1 atom stereocenters. The molecule has 0 aliphatic carbocycles. The molecule has 7 heteroatoms. The smallest absolute Gasteiger partial charge is 0.324 e. The van der Waals surface area contributed by atoms with Crippen molar-refractivity contribution in [2.24, 2.45) is 0 Å². The molecule has 1 aromatic rings. The van der Waals surface area contributed by atoms with E-state index >= 15 is 0 Å². The Bertz CT molecular complexity index is 536. The maximum Gasteiger partial charge on any atom is 0.324 e. The SMILES string of the molecule is CC(C)c1ccc(S(=O)(=O)N[C@@H](CO)C(=O)O)cc1. The van der Waals surface area contributed by atoms with Crippen molar-refractivity contribution in [3.8, 4) is 0 Å². The number of aliphatic carboxylic acids is 1. The van der Waals surface area contributed by atoms with E-state index in [9.17, 15) is 13.2 Å². The van der Waals surface area contributed by atoms with Crippen molar-refractivity contribution >= 4 is 16.0 Å². The molecule has 0 saturated heterocycles. The van der Waals surface area contributed by atoms with Crippen LogP contribution in [0, 0.1) is 0 Å². The lowest BCUT2D eigenvalue weighted by atomic mass is 10.0. The number of carbonyl (C=O) groups is 1. The Labute approximate surface area is 112 Å². The first kappa shape index (κ1) is 15.6. The summed E-state index contributed by atoms with van der Waals surface area (Å²) in [6, 6.07) is 4.62. The Kier molecular flexibility index (Phi) is 5.04. The van der Waals surface area contributed by atoms with Crippen molar-refractivity contribution in [1.29, 1.82) is 0 Å². The second kappa shape index (κ2) is 6.14. The number of rotatable bonds is 6. The summed E-state index contributed by atoms with van der Waals surface area (Å²) < 4.78 is 25.7. The lowest BCUT2D eigenvalue weighted by Gasteiger charge is -2.13. The number of carboxylic acids is 1. The summed E-state index contributed by atoms with van der Waals surface area (Å²) in [6.07, 6.45) is 0. The largest absolute Gasteiger partial charge is 0.480 e. The molecule has 0 aliphatic rings. The predicted molar refractivity (Wildman–Crippen MR) is 69.4 cm³/mol. The van der Waals surface area contributed by atoms with Gasteiger partial charge in [0.2, 0.25) is 10.0 Å².